The second-order valence-corrected chi connectivity index (χ2v) is 4.91. The third kappa shape index (κ3) is 2.58. The molecule has 1 heterocycles. The minimum Gasteiger partial charge on any atom is -0.487 e. The first kappa shape index (κ1) is 12.3. The van der Waals surface area contributed by atoms with Crippen LogP contribution in [0.1, 0.15) is 12.6 Å². The smallest absolute Gasteiger partial charge is 0.146 e. The van der Waals surface area contributed by atoms with Gasteiger partial charge < -0.3 is 10.5 Å². The zero-order valence-corrected chi connectivity index (χ0v) is 11.5. The van der Waals surface area contributed by atoms with Gasteiger partial charge in [-0.15, -0.1) is 0 Å². The van der Waals surface area contributed by atoms with E-state index in [9.17, 15) is 0 Å². The van der Waals surface area contributed by atoms with Gasteiger partial charge in [-0.05, 0) is 38.1 Å². The second-order valence-electron chi connectivity index (χ2n) is 4.06. The van der Waals surface area contributed by atoms with Crippen LogP contribution in [0.5, 0.6) is 5.75 Å². The van der Waals surface area contributed by atoms with E-state index in [1.807, 2.05) is 38.1 Å². The summed E-state index contributed by atoms with van der Waals surface area (Å²) < 4.78 is 6.80. The minimum absolute atomic E-state index is 0.0123. The van der Waals surface area contributed by atoms with Crippen LogP contribution in [0.25, 0.3) is 10.9 Å². The van der Waals surface area contributed by atoms with Gasteiger partial charge in [0.2, 0.25) is 0 Å². The van der Waals surface area contributed by atoms with Crippen molar-refractivity contribution >= 4 is 26.8 Å². The molecule has 0 saturated heterocycles. The third-order valence-corrected chi connectivity index (χ3v) is 3.26. The predicted molar refractivity (Wildman–Crippen MR) is 73.3 cm³/mol. The first-order valence-corrected chi connectivity index (χ1v) is 6.33. The topological polar surface area (TPSA) is 48.1 Å². The van der Waals surface area contributed by atoms with Gasteiger partial charge in [0.15, 0.2) is 0 Å². The summed E-state index contributed by atoms with van der Waals surface area (Å²) in [5, 5.41) is 1.05. The lowest BCUT2D eigenvalue weighted by Gasteiger charge is -2.14. The second kappa shape index (κ2) is 5.02. The largest absolute Gasteiger partial charge is 0.487 e. The number of fused-ring (bicyclic) bond motifs is 1. The molecule has 3 nitrogen and oxygen atoms in total. The highest BCUT2D eigenvalue weighted by atomic mass is 79.9. The maximum absolute atomic E-state index is 5.78. The van der Waals surface area contributed by atoms with Crippen molar-refractivity contribution in [1.82, 2.24) is 4.98 Å². The van der Waals surface area contributed by atoms with E-state index in [1.165, 1.54) is 0 Å². The number of aromatic nitrogens is 1. The van der Waals surface area contributed by atoms with Crippen LogP contribution in [0.2, 0.25) is 0 Å². The van der Waals surface area contributed by atoms with Gasteiger partial charge in [-0.3, -0.25) is 0 Å². The lowest BCUT2D eigenvalue weighted by molar-refractivity contribution is 0.232. The Morgan fingerprint density at radius 1 is 1.35 bits per heavy atom. The maximum Gasteiger partial charge on any atom is 0.146 e. The highest BCUT2D eigenvalue weighted by Crippen LogP contribution is 2.30. The predicted octanol–water partition coefficient (Wildman–Crippen LogP) is 3.03. The number of rotatable bonds is 3. The monoisotopic (exact) mass is 294 g/mol. The number of ether oxygens (including phenoxy) is 1. The highest BCUT2D eigenvalue weighted by Gasteiger charge is 2.09. The van der Waals surface area contributed by atoms with Crippen LogP contribution in [0.4, 0.5) is 0 Å². The zero-order valence-electron chi connectivity index (χ0n) is 9.90. The number of benzene rings is 1. The molecule has 0 aliphatic carbocycles. The van der Waals surface area contributed by atoms with E-state index in [4.69, 9.17) is 10.5 Å². The van der Waals surface area contributed by atoms with Crippen LogP contribution < -0.4 is 10.5 Å². The summed E-state index contributed by atoms with van der Waals surface area (Å²) in [5.41, 5.74) is 7.42. The summed E-state index contributed by atoms with van der Waals surface area (Å²) >= 11 is 3.52. The number of aryl methyl sites for hydroxylation is 1. The molecule has 1 unspecified atom stereocenters. The molecule has 0 amide bonds. The van der Waals surface area contributed by atoms with Crippen LogP contribution in [-0.4, -0.2) is 17.6 Å². The average Bonchev–Trinajstić information content (AvgIpc) is 2.32. The fourth-order valence-electron chi connectivity index (χ4n) is 1.61. The summed E-state index contributed by atoms with van der Waals surface area (Å²) in [7, 11) is 0. The first-order valence-electron chi connectivity index (χ1n) is 5.54. The van der Waals surface area contributed by atoms with Crippen LogP contribution in [0, 0.1) is 6.92 Å². The molecule has 17 heavy (non-hydrogen) atoms. The normalized spacial score (nSPS) is 12.7. The molecule has 2 aromatic rings. The van der Waals surface area contributed by atoms with E-state index >= 15 is 0 Å². The first-order chi connectivity index (χ1) is 8.11. The van der Waals surface area contributed by atoms with Crippen LogP contribution in [0.3, 0.4) is 0 Å². The number of nitrogens with two attached hydrogens (primary N) is 1. The summed E-state index contributed by atoms with van der Waals surface area (Å²) in [6, 6.07) is 7.92. The van der Waals surface area contributed by atoms with E-state index in [0.29, 0.717) is 6.54 Å². The van der Waals surface area contributed by atoms with Gasteiger partial charge in [-0.2, -0.15) is 0 Å². The Hall–Kier alpha value is -1.13. The van der Waals surface area contributed by atoms with Crippen molar-refractivity contribution in [3.8, 4) is 5.75 Å². The molecule has 2 N–H and O–H groups in total. The number of hydrogen-bond donors (Lipinski definition) is 1. The van der Waals surface area contributed by atoms with Gasteiger partial charge in [0, 0.05) is 22.1 Å². The fourth-order valence-corrected chi connectivity index (χ4v) is 2.07. The average molecular weight is 295 g/mol. The van der Waals surface area contributed by atoms with E-state index in [2.05, 4.69) is 20.9 Å². The van der Waals surface area contributed by atoms with Crippen LogP contribution in [0.15, 0.2) is 28.7 Å². The van der Waals surface area contributed by atoms with Crippen molar-refractivity contribution in [2.45, 2.75) is 20.0 Å². The van der Waals surface area contributed by atoms with Crippen molar-refractivity contribution in [2.75, 3.05) is 6.54 Å². The van der Waals surface area contributed by atoms with Gasteiger partial charge in [0.25, 0.3) is 0 Å². The Bertz CT molecular complexity index is 542. The molecule has 90 valence electrons. The Morgan fingerprint density at radius 3 is 2.82 bits per heavy atom. The van der Waals surface area contributed by atoms with E-state index in [0.717, 1.165) is 26.8 Å². The van der Waals surface area contributed by atoms with Crippen molar-refractivity contribution in [1.29, 1.82) is 0 Å². The molecular formula is C13H15BrN2O. The number of hydrogen-bond acceptors (Lipinski definition) is 3. The Morgan fingerprint density at radius 2 is 2.12 bits per heavy atom. The SMILES string of the molecule is Cc1ccc2c(Br)ccc(OC(C)CN)c2n1. The molecule has 1 aromatic heterocycles. The third-order valence-electron chi connectivity index (χ3n) is 2.57. The standard InChI is InChI=1S/C13H15BrN2O/c1-8-3-4-10-11(14)5-6-12(13(10)16-8)17-9(2)7-15/h3-6,9H,7,15H2,1-2H3. The Kier molecular flexibility index (Phi) is 3.64. The Balaban J connectivity index is 2.55. The molecule has 0 bridgehead atoms. The summed E-state index contributed by atoms with van der Waals surface area (Å²) in [5.74, 6) is 0.782. The number of nitrogens with zero attached hydrogens (tertiary/aromatic N) is 1. The van der Waals surface area contributed by atoms with Gasteiger partial charge in [0.1, 0.15) is 17.4 Å². The van der Waals surface area contributed by atoms with Gasteiger partial charge in [-0.25, -0.2) is 4.98 Å². The van der Waals surface area contributed by atoms with Crippen LogP contribution in [-0.2, 0) is 0 Å². The number of pyridine rings is 1. The molecule has 0 aliphatic rings. The molecule has 0 fully saturated rings. The van der Waals surface area contributed by atoms with Crippen molar-refractivity contribution in [3.05, 3.63) is 34.4 Å². The fraction of sp³-hybridized carbons (Fsp3) is 0.308. The van der Waals surface area contributed by atoms with Crippen molar-refractivity contribution in [3.63, 3.8) is 0 Å². The molecule has 1 aromatic carbocycles. The Labute approximate surface area is 109 Å². The molecule has 0 aliphatic heterocycles. The van der Waals surface area contributed by atoms with E-state index < -0.39 is 0 Å². The molecule has 1 atom stereocenters. The van der Waals surface area contributed by atoms with Crippen molar-refractivity contribution in [2.24, 2.45) is 5.73 Å². The van der Waals surface area contributed by atoms with Gasteiger partial charge in [0.05, 0.1) is 0 Å². The van der Waals surface area contributed by atoms with E-state index in [1.54, 1.807) is 0 Å². The van der Waals surface area contributed by atoms with Gasteiger partial charge in [-0.1, -0.05) is 15.9 Å². The lowest BCUT2D eigenvalue weighted by atomic mass is 10.2. The molecule has 0 radical (unpaired) electrons. The lowest BCUT2D eigenvalue weighted by Crippen LogP contribution is -2.23. The molecule has 4 heteroatoms. The molecule has 0 spiro atoms. The summed E-state index contributed by atoms with van der Waals surface area (Å²) in [6.45, 7) is 4.41. The van der Waals surface area contributed by atoms with Crippen LogP contribution >= 0.6 is 15.9 Å². The zero-order chi connectivity index (χ0) is 12.4. The highest BCUT2D eigenvalue weighted by molar-refractivity contribution is 9.10. The molecular weight excluding hydrogens is 280 g/mol. The van der Waals surface area contributed by atoms with Crippen molar-refractivity contribution < 1.29 is 4.74 Å². The summed E-state index contributed by atoms with van der Waals surface area (Å²) in [6.07, 6.45) is -0.0123. The maximum atomic E-state index is 5.78. The molecule has 2 rings (SSSR count). The van der Waals surface area contributed by atoms with E-state index in [-0.39, 0.29) is 6.10 Å². The molecule has 0 saturated carbocycles. The summed E-state index contributed by atoms with van der Waals surface area (Å²) in [4.78, 5) is 4.53. The van der Waals surface area contributed by atoms with Gasteiger partial charge >= 0.3 is 0 Å². The number of halogens is 1. The quantitative estimate of drug-likeness (QED) is 0.946. The minimum atomic E-state index is -0.0123.